The molecule has 2 aromatic carbocycles. The van der Waals surface area contributed by atoms with Gasteiger partial charge in [-0.25, -0.2) is 0 Å². The zero-order chi connectivity index (χ0) is 14.7. The SMILES string of the molecule is CN(C(=O)c1ccc(N)c(Br)c1)c1ccc(C#N)cc1. The number of carbonyl (C=O) groups excluding carboxylic acids is 1. The van der Waals surface area contributed by atoms with Crippen LogP contribution in [0.15, 0.2) is 46.9 Å². The third-order valence-corrected chi connectivity index (χ3v) is 3.62. The van der Waals surface area contributed by atoms with E-state index in [1.54, 1.807) is 49.5 Å². The molecule has 1 amide bonds. The van der Waals surface area contributed by atoms with Crippen molar-refractivity contribution in [2.24, 2.45) is 0 Å². The highest BCUT2D eigenvalue weighted by Crippen LogP contribution is 2.22. The number of carbonyl (C=O) groups is 1. The molecule has 20 heavy (non-hydrogen) atoms. The van der Waals surface area contributed by atoms with E-state index in [4.69, 9.17) is 11.0 Å². The molecule has 0 fully saturated rings. The van der Waals surface area contributed by atoms with Gasteiger partial charge in [-0.05, 0) is 58.4 Å². The largest absolute Gasteiger partial charge is 0.398 e. The lowest BCUT2D eigenvalue weighted by Crippen LogP contribution is -2.26. The van der Waals surface area contributed by atoms with Gasteiger partial charge < -0.3 is 10.6 Å². The van der Waals surface area contributed by atoms with Crippen LogP contribution in [0.25, 0.3) is 0 Å². The summed E-state index contributed by atoms with van der Waals surface area (Å²) in [5.41, 5.74) is 8.12. The summed E-state index contributed by atoms with van der Waals surface area (Å²) in [5, 5.41) is 8.76. The molecule has 0 aliphatic carbocycles. The van der Waals surface area contributed by atoms with Crippen molar-refractivity contribution in [2.75, 3.05) is 17.7 Å². The zero-order valence-corrected chi connectivity index (χ0v) is 12.4. The van der Waals surface area contributed by atoms with Gasteiger partial charge in [-0.3, -0.25) is 4.79 Å². The van der Waals surface area contributed by atoms with E-state index in [-0.39, 0.29) is 5.91 Å². The predicted molar refractivity (Wildman–Crippen MR) is 82.4 cm³/mol. The number of nitriles is 1. The number of benzene rings is 2. The van der Waals surface area contributed by atoms with Gasteiger partial charge in [-0.2, -0.15) is 5.26 Å². The molecule has 100 valence electrons. The Morgan fingerprint density at radius 2 is 1.90 bits per heavy atom. The monoisotopic (exact) mass is 329 g/mol. The van der Waals surface area contributed by atoms with Gasteiger partial charge in [0.25, 0.3) is 5.91 Å². The molecule has 5 heteroatoms. The molecular formula is C15H12BrN3O. The van der Waals surface area contributed by atoms with Gasteiger partial charge in [0.05, 0.1) is 11.6 Å². The first-order valence-electron chi connectivity index (χ1n) is 5.86. The fourth-order valence-electron chi connectivity index (χ4n) is 1.73. The van der Waals surface area contributed by atoms with E-state index in [0.717, 1.165) is 5.69 Å². The van der Waals surface area contributed by atoms with Crippen LogP contribution in [0.5, 0.6) is 0 Å². The van der Waals surface area contributed by atoms with E-state index in [1.165, 1.54) is 4.90 Å². The lowest BCUT2D eigenvalue weighted by molar-refractivity contribution is 0.0993. The molecular weight excluding hydrogens is 318 g/mol. The molecule has 0 saturated carbocycles. The number of nitrogens with zero attached hydrogens (tertiary/aromatic N) is 2. The van der Waals surface area contributed by atoms with Gasteiger partial charge in [-0.15, -0.1) is 0 Å². The van der Waals surface area contributed by atoms with Crippen molar-refractivity contribution < 1.29 is 4.79 Å². The van der Waals surface area contributed by atoms with Crippen LogP contribution >= 0.6 is 15.9 Å². The first-order chi connectivity index (χ1) is 9.52. The summed E-state index contributed by atoms with van der Waals surface area (Å²) in [6.07, 6.45) is 0. The number of amides is 1. The maximum atomic E-state index is 12.4. The number of nitrogens with two attached hydrogens (primary N) is 1. The Bertz CT molecular complexity index is 689. The number of anilines is 2. The Balaban J connectivity index is 2.27. The van der Waals surface area contributed by atoms with E-state index >= 15 is 0 Å². The molecule has 0 atom stereocenters. The molecule has 2 aromatic rings. The Kier molecular flexibility index (Phi) is 4.06. The van der Waals surface area contributed by atoms with Crippen LogP contribution in [0.2, 0.25) is 0 Å². The van der Waals surface area contributed by atoms with Gasteiger partial charge in [0, 0.05) is 28.5 Å². The van der Waals surface area contributed by atoms with Gasteiger partial charge in [0.15, 0.2) is 0 Å². The summed E-state index contributed by atoms with van der Waals surface area (Å²) in [6.45, 7) is 0. The standard InChI is InChI=1S/C15H12BrN3O/c1-19(12-5-2-10(9-17)3-6-12)15(20)11-4-7-14(18)13(16)8-11/h2-8H,18H2,1H3. The summed E-state index contributed by atoms with van der Waals surface area (Å²) in [4.78, 5) is 13.9. The second-order valence-electron chi connectivity index (χ2n) is 4.26. The van der Waals surface area contributed by atoms with Gasteiger partial charge >= 0.3 is 0 Å². The first-order valence-corrected chi connectivity index (χ1v) is 6.65. The number of hydrogen-bond donors (Lipinski definition) is 1. The van der Waals surface area contributed by atoms with Crippen LogP contribution in [0.4, 0.5) is 11.4 Å². The van der Waals surface area contributed by atoms with Crippen molar-refractivity contribution in [3.63, 3.8) is 0 Å². The number of hydrogen-bond acceptors (Lipinski definition) is 3. The summed E-state index contributed by atoms with van der Waals surface area (Å²) < 4.78 is 0.691. The van der Waals surface area contributed by atoms with E-state index < -0.39 is 0 Å². The fourth-order valence-corrected chi connectivity index (χ4v) is 2.11. The van der Waals surface area contributed by atoms with E-state index in [2.05, 4.69) is 15.9 Å². The summed E-state index contributed by atoms with van der Waals surface area (Å²) in [6, 6.07) is 13.9. The molecule has 2 N–H and O–H groups in total. The van der Waals surface area contributed by atoms with Crippen LogP contribution in [0.1, 0.15) is 15.9 Å². The molecule has 0 bridgehead atoms. The molecule has 0 aliphatic heterocycles. The molecule has 0 saturated heterocycles. The Hall–Kier alpha value is -2.32. The summed E-state index contributed by atoms with van der Waals surface area (Å²) in [7, 11) is 1.69. The lowest BCUT2D eigenvalue weighted by Gasteiger charge is -2.17. The number of rotatable bonds is 2. The second kappa shape index (κ2) is 5.76. The van der Waals surface area contributed by atoms with E-state index in [0.29, 0.717) is 21.3 Å². The maximum Gasteiger partial charge on any atom is 0.258 e. The van der Waals surface area contributed by atoms with Crippen LogP contribution in [-0.2, 0) is 0 Å². The second-order valence-corrected chi connectivity index (χ2v) is 5.11. The maximum absolute atomic E-state index is 12.4. The molecule has 0 heterocycles. The molecule has 0 radical (unpaired) electrons. The van der Waals surface area contributed by atoms with Crippen LogP contribution in [0, 0.1) is 11.3 Å². The van der Waals surface area contributed by atoms with E-state index in [9.17, 15) is 4.79 Å². The van der Waals surface area contributed by atoms with Gasteiger partial charge in [-0.1, -0.05) is 0 Å². The Morgan fingerprint density at radius 3 is 2.45 bits per heavy atom. The highest BCUT2D eigenvalue weighted by Gasteiger charge is 2.14. The average molecular weight is 330 g/mol. The van der Waals surface area contributed by atoms with Crippen molar-refractivity contribution >= 4 is 33.2 Å². The van der Waals surface area contributed by atoms with Gasteiger partial charge in [0.1, 0.15) is 0 Å². The minimum Gasteiger partial charge on any atom is -0.398 e. The predicted octanol–water partition coefficient (Wildman–Crippen LogP) is 3.18. The van der Waals surface area contributed by atoms with Crippen molar-refractivity contribution in [1.82, 2.24) is 0 Å². The third-order valence-electron chi connectivity index (χ3n) is 2.94. The highest BCUT2D eigenvalue weighted by atomic mass is 79.9. The number of halogens is 1. The summed E-state index contributed by atoms with van der Waals surface area (Å²) in [5.74, 6) is -0.143. The molecule has 0 aliphatic rings. The van der Waals surface area contributed by atoms with Crippen molar-refractivity contribution in [1.29, 1.82) is 5.26 Å². The molecule has 0 spiro atoms. The van der Waals surface area contributed by atoms with Gasteiger partial charge in [0.2, 0.25) is 0 Å². The average Bonchev–Trinajstić information content (AvgIpc) is 2.48. The normalized spacial score (nSPS) is 9.85. The van der Waals surface area contributed by atoms with Crippen molar-refractivity contribution in [3.05, 3.63) is 58.1 Å². The quantitative estimate of drug-likeness (QED) is 0.860. The zero-order valence-electron chi connectivity index (χ0n) is 10.8. The van der Waals surface area contributed by atoms with Crippen LogP contribution in [0.3, 0.4) is 0 Å². The molecule has 2 rings (SSSR count). The molecule has 4 nitrogen and oxygen atoms in total. The van der Waals surface area contributed by atoms with Crippen LogP contribution in [-0.4, -0.2) is 13.0 Å². The van der Waals surface area contributed by atoms with E-state index in [1.807, 2.05) is 6.07 Å². The Labute approximate surface area is 125 Å². The fraction of sp³-hybridized carbons (Fsp3) is 0.0667. The minimum absolute atomic E-state index is 0.143. The van der Waals surface area contributed by atoms with Crippen molar-refractivity contribution in [3.8, 4) is 6.07 Å². The Morgan fingerprint density at radius 1 is 1.25 bits per heavy atom. The smallest absolute Gasteiger partial charge is 0.258 e. The topological polar surface area (TPSA) is 70.1 Å². The lowest BCUT2D eigenvalue weighted by atomic mass is 10.1. The summed E-state index contributed by atoms with van der Waals surface area (Å²) >= 11 is 3.31. The molecule has 0 unspecified atom stereocenters. The third kappa shape index (κ3) is 2.81. The van der Waals surface area contributed by atoms with Crippen molar-refractivity contribution in [2.45, 2.75) is 0 Å². The highest BCUT2D eigenvalue weighted by molar-refractivity contribution is 9.10. The molecule has 0 aromatic heterocycles. The first kappa shape index (κ1) is 14.1. The van der Waals surface area contributed by atoms with Crippen LogP contribution < -0.4 is 10.6 Å². The minimum atomic E-state index is -0.143. The number of nitrogen functional groups attached to an aromatic ring is 1.